The second kappa shape index (κ2) is 6.31. The molecule has 0 saturated heterocycles. The minimum Gasteiger partial charge on any atom is -0.377 e. The smallest absolute Gasteiger partial charge is 0.193 e. The van der Waals surface area contributed by atoms with Gasteiger partial charge in [-0.1, -0.05) is 13.3 Å². The summed E-state index contributed by atoms with van der Waals surface area (Å²) in [5.41, 5.74) is 7.29. The van der Waals surface area contributed by atoms with Crippen LogP contribution in [0.25, 0.3) is 4.96 Å². The molecule has 0 amide bonds. The molecule has 2 rings (SSSR count). The lowest BCUT2D eigenvalue weighted by atomic mass is 10.0. The summed E-state index contributed by atoms with van der Waals surface area (Å²) in [7, 11) is 0. The quantitative estimate of drug-likeness (QED) is 0.838. The fourth-order valence-electron chi connectivity index (χ4n) is 2.17. The van der Waals surface area contributed by atoms with Gasteiger partial charge in [-0.15, -0.1) is 11.3 Å². The first-order chi connectivity index (χ1) is 8.74. The summed E-state index contributed by atoms with van der Waals surface area (Å²) < 4.78 is 7.76. The van der Waals surface area contributed by atoms with E-state index in [4.69, 9.17) is 10.5 Å². The lowest BCUT2D eigenvalue weighted by molar-refractivity contribution is 0.0376. The van der Waals surface area contributed by atoms with Crippen LogP contribution in [0.2, 0.25) is 0 Å². The van der Waals surface area contributed by atoms with Crippen LogP contribution in [-0.2, 0) is 11.2 Å². The van der Waals surface area contributed by atoms with Gasteiger partial charge in [0.1, 0.15) is 0 Å². The van der Waals surface area contributed by atoms with Crippen molar-refractivity contribution in [1.29, 1.82) is 0 Å². The molecule has 0 bridgehead atoms. The number of aromatic nitrogens is 2. The lowest BCUT2D eigenvalue weighted by Crippen LogP contribution is -2.38. The van der Waals surface area contributed by atoms with E-state index in [1.807, 2.05) is 22.9 Å². The molecule has 0 aliphatic carbocycles. The maximum atomic E-state index is 6.24. The van der Waals surface area contributed by atoms with Crippen molar-refractivity contribution in [2.24, 2.45) is 5.73 Å². The fourth-order valence-corrected chi connectivity index (χ4v) is 2.89. The van der Waals surface area contributed by atoms with Gasteiger partial charge in [0.15, 0.2) is 4.96 Å². The molecule has 4 nitrogen and oxygen atoms in total. The number of thiazole rings is 1. The van der Waals surface area contributed by atoms with Gasteiger partial charge in [0.2, 0.25) is 0 Å². The molecule has 5 heteroatoms. The van der Waals surface area contributed by atoms with E-state index in [-0.39, 0.29) is 12.1 Å². The first kappa shape index (κ1) is 13.5. The van der Waals surface area contributed by atoms with Gasteiger partial charge in [-0.3, -0.25) is 4.40 Å². The molecule has 0 saturated carbocycles. The third-order valence-corrected chi connectivity index (χ3v) is 3.79. The third kappa shape index (κ3) is 3.10. The van der Waals surface area contributed by atoms with E-state index in [0.717, 1.165) is 36.5 Å². The van der Waals surface area contributed by atoms with Gasteiger partial charge in [-0.2, -0.15) is 0 Å². The molecule has 2 atom stereocenters. The Morgan fingerprint density at radius 3 is 3.00 bits per heavy atom. The molecule has 2 heterocycles. The molecule has 0 aromatic carbocycles. The van der Waals surface area contributed by atoms with E-state index in [1.165, 1.54) is 0 Å². The number of fused-ring (bicyclic) bond motifs is 1. The number of ether oxygens (including phenoxy) is 1. The predicted octanol–water partition coefficient (Wildman–Crippen LogP) is 2.47. The largest absolute Gasteiger partial charge is 0.377 e. The van der Waals surface area contributed by atoms with Crippen LogP contribution in [0.4, 0.5) is 0 Å². The van der Waals surface area contributed by atoms with Crippen molar-refractivity contribution in [3.05, 3.63) is 23.5 Å². The van der Waals surface area contributed by atoms with Gasteiger partial charge in [0.05, 0.1) is 11.8 Å². The second-order valence-electron chi connectivity index (χ2n) is 4.48. The minimum atomic E-state index is 0.0227. The summed E-state index contributed by atoms with van der Waals surface area (Å²) in [6.07, 6.45) is 7.10. The van der Waals surface area contributed by atoms with Crippen LogP contribution in [0, 0.1) is 0 Å². The van der Waals surface area contributed by atoms with Crippen molar-refractivity contribution in [1.82, 2.24) is 9.38 Å². The highest BCUT2D eigenvalue weighted by Gasteiger charge is 2.19. The van der Waals surface area contributed by atoms with Gasteiger partial charge in [0, 0.05) is 36.8 Å². The maximum absolute atomic E-state index is 6.24. The van der Waals surface area contributed by atoms with Crippen LogP contribution < -0.4 is 5.73 Å². The molecule has 0 aliphatic heterocycles. The first-order valence-corrected chi connectivity index (χ1v) is 7.40. The summed E-state index contributed by atoms with van der Waals surface area (Å²) in [5.74, 6) is 0. The third-order valence-electron chi connectivity index (χ3n) is 3.02. The predicted molar refractivity (Wildman–Crippen MR) is 75.1 cm³/mol. The first-order valence-electron chi connectivity index (χ1n) is 6.52. The van der Waals surface area contributed by atoms with E-state index in [0.29, 0.717) is 0 Å². The van der Waals surface area contributed by atoms with Crippen molar-refractivity contribution in [3.63, 3.8) is 0 Å². The Morgan fingerprint density at radius 1 is 1.50 bits per heavy atom. The summed E-state index contributed by atoms with van der Waals surface area (Å²) in [5, 5.41) is 2.03. The number of imidazole rings is 1. The standard InChI is InChI=1S/C13H21N3OS/c1-3-5-12(17-4-2)11(14)8-10-9-16-6-7-18-13(16)15-10/h6-7,9,11-12H,3-5,8,14H2,1-2H3. The number of nitrogens with two attached hydrogens (primary N) is 1. The van der Waals surface area contributed by atoms with E-state index in [9.17, 15) is 0 Å². The molecule has 0 aliphatic rings. The molecule has 2 unspecified atom stereocenters. The van der Waals surface area contributed by atoms with Gasteiger partial charge >= 0.3 is 0 Å². The van der Waals surface area contributed by atoms with Gasteiger partial charge in [-0.05, 0) is 13.3 Å². The minimum absolute atomic E-state index is 0.0227. The molecule has 2 aromatic rings. The van der Waals surface area contributed by atoms with Crippen LogP contribution in [0.1, 0.15) is 32.4 Å². The van der Waals surface area contributed by atoms with Crippen LogP contribution in [0.5, 0.6) is 0 Å². The Kier molecular flexibility index (Phi) is 4.74. The average molecular weight is 267 g/mol. The van der Waals surface area contributed by atoms with E-state index < -0.39 is 0 Å². The molecule has 0 fully saturated rings. The summed E-state index contributed by atoms with van der Waals surface area (Å²) in [4.78, 5) is 5.59. The van der Waals surface area contributed by atoms with Gasteiger partial charge in [-0.25, -0.2) is 4.98 Å². The average Bonchev–Trinajstić information content (AvgIpc) is 2.89. The molecule has 2 N–H and O–H groups in total. The van der Waals surface area contributed by atoms with E-state index in [1.54, 1.807) is 11.3 Å². The van der Waals surface area contributed by atoms with Crippen molar-refractivity contribution < 1.29 is 4.74 Å². The highest BCUT2D eigenvalue weighted by Crippen LogP contribution is 2.15. The number of nitrogens with zero attached hydrogens (tertiary/aromatic N) is 2. The molecule has 0 radical (unpaired) electrons. The second-order valence-corrected chi connectivity index (χ2v) is 5.35. The van der Waals surface area contributed by atoms with Crippen molar-refractivity contribution in [2.75, 3.05) is 6.61 Å². The molecule has 18 heavy (non-hydrogen) atoms. The van der Waals surface area contributed by atoms with Crippen molar-refractivity contribution in [2.45, 2.75) is 45.3 Å². The summed E-state index contributed by atoms with van der Waals surface area (Å²) >= 11 is 1.64. The number of rotatable bonds is 7. The molecule has 100 valence electrons. The fraction of sp³-hybridized carbons (Fsp3) is 0.615. The van der Waals surface area contributed by atoms with Gasteiger partial charge in [0.25, 0.3) is 0 Å². The Hall–Kier alpha value is -0.910. The Morgan fingerprint density at radius 2 is 2.33 bits per heavy atom. The van der Waals surface area contributed by atoms with Crippen molar-refractivity contribution >= 4 is 16.3 Å². The van der Waals surface area contributed by atoms with Crippen LogP contribution in [0.15, 0.2) is 17.8 Å². The summed E-state index contributed by atoms with van der Waals surface area (Å²) in [6, 6.07) is 0.0227. The van der Waals surface area contributed by atoms with Crippen LogP contribution in [0.3, 0.4) is 0 Å². The number of hydrogen-bond donors (Lipinski definition) is 1. The van der Waals surface area contributed by atoms with Gasteiger partial charge < -0.3 is 10.5 Å². The van der Waals surface area contributed by atoms with Crippen LogP contribution >= 0.6 is 11.3 Å². The van der Waals surface area contributed by atoms with Crippen molar-refractivity contribution in [3.8, 4) is 0 Å². The summed E-state index contributed by atoms with van der Waals surface area (Å²) in [6.45, 7) is 4.89. The highest BCUT2D eigenvalue weighted by molar-refractivity contribution is 7.15. The Labute approximate surface area is 112 Å². The SMILES string of the molecule is CCCC(OCC)C(N)Cc1cn2ccsc2n1. The molecule has 0 spiro atoms. The Bertz CT molecular complexity index is 445. The van der Waals surface area contributed by atoms with Crippen LogP contribution in [-0.4, -0.2) is 28.1 Å². The molecular formula is C13H21N3OS. The zero-order valence-electron chi connectivity index (χ0n) is 11.0. The molecular weight excluding hydrogens is 246 g/mol. The monoisotopic (exact) mass is 267 g/mol. The topological polar surface area (TPSA) is 52.5 Å². The molecule has 2 aromatic heterocycles. The normalized spacial score (nSPS) is 15.1. The zero-order valence-corrected chi connectivity index (χ0v) is 11.8. The Balaban J connectivity index is 2.00. The number of hydrogen-bond acceptors (Lipinski definition) is 4. The van der Waals surface area contributed by atoms with E-state index >= 15 is 0 Å². The van der Waals surface area contributed by atoms with E-state index in [2.05, 4.69) is 18.1 Å². The zero-order chi connectivity index (χ0) is 13.0. The lowest BCUT2D eigenvalue weighted by Gasteiger charge is -2.22. The maximum Gasteiger partial charge on any atom is 0.193 e. The highest BCUT2D eigenvalue weighted by atomic mass is 32.1.